The van der Waals surface area contributed by atoms with Gasteiger partial charge in [-0.15, -0.1) is 11.6 Å². The zero-order chi connectivity index (χ0) is 14.7. The van der Waals surface area contributed by atoms with Crippen LogP contribution in [-0.2, 0) is 18.7 Å². The average molecular weight is 307 g/mol. The Hall–Kier alpha value is -1.74. The standard InChI is InChI=1S/C17H16ClFO2/c18-11-13-8-15(19)10-16(9-13)20-5-3-12-1-2-17-14(7-12)4-6-21-17/h1-2,7-10H,3-6,11H2. The maximum atomic E-state index is 13.4. The van der Waals surface area contributed by atoms with Crippen molar-refractivity contribution in [2.75, 3.05) is 13.2 Å². The van der Waals surface area contributed by atoms with E-state index >= 15 is 0 Å². The molecular formula is C17H16ClFO2. The normalized spacial score (nSPS) is 12.9. The molecule has 0 atom stereocenters. The molecule has 0 N–H and O–H groups in total. The molecule has 4 heteroatoms. The fourth-order valence-corrected chi connectivity index (χ4v) is 2.62. The van der Waals surface area contributed by atoms with Crippen molar-refractivity contribution in [1.82, 2.24) is 0 Å². The first kappa shape index (κ1) is 14.2. The lowest BCUT2D eigenvalue weighted by molar-refractivity contribution is 0.320. The van der Waals surface area contributed by atoms with Gasteiger partial charge in [0.05, 0.1) is 13.2 Å². The molecule has 0 saturated heterocycles. The largest absolute Gasteiger partial charge is 0.493 e. The predicted molar refractivity (Wildman–Crippen MR) is 80.8 cm³/mol. The van der Waals surface area contributed by atoms with Gasteiger partial charge in [0.25, 0.3) is 0 Å². The minimum Gasteiger partial charge on any atom is -0.493 e. The van der Waals surface area contributed by atoms with Crippen molar-refractivity contribution in [3.05, 3.63) is 58.9 Å². The number of ether oxygens (including phenoxy) is 2. The Morgan fingerprint density at radius 2 is 2.05 bits per heavy atom. The molecule has 1 aliphatic rings. The number of alkyl halides is 1. The van der Waals surface area contributed by atoms with Crippen molar-refractivity contribution in [1.29, 1.82) is 0 Å². The Balaban J connectivity index is 1.60. The second-order valence-electron chi connectivity index (χ2n) is 5.07. The molecule has 2 aromatic carbocycles. The lowest BCUT2D eigenvalue weighted by atomic mass is 10.1. The molecule has 0 amide bonds. The first-order valence-electron chi connectivity index (χ1n) is 6.97. The van der Waals surface area contributed by atoms with Gasteiger partial charge in [-0.05, 0) is 34.9 Å². The second kappa shape index (κ2) is 6.35. The van der Waals surface area contributed by atoms with Gasteiger partial charge < -0.3 is 9.47 Å². The lowest BCUT2D eigenvalue weighted by Crippen LogP contribution is -2.02. The van der Waals surface area contributed by atoms with Crippen LogP contribution in [-0.4, -0.2) is 13.2 Å². The van der Waals surface area contributed by atoms with Crippen molar-refractivity contribution in [3.63, 3.8) is 0 Å². The highest BCUT2D eigenvalue weighted by molar-refractivity contribution is 6.17. The van der Waals surface area contributed by atoms with E-state index in [2.05, 4.69) is 6.07 Å². The maximum absolute atomic E-state index is 13.4. The minimum absolute atomic E-state index is 0.277. The van der Waals surface area contributed by atoms with E-state index in [-0.39, 0.29) is 11.7 Å². The summed E-state index contributed by atoms with van der Waals surface area (Å²) in [4.78, 5) is 0. The Morgan fingerprint density at radius 3 is 2.90 bits per heavy atom. The number of halogens is 2. The first-order valence-corrected chi connectivity index (χ1v) is 7.51. The summed E-state index contributed by atoms with van der Waals surface area (Å²) in [7, 11) is 0. The fraction of sp³-hybridized carbons (Fsp3) is 0.294. The van der Waals surface area contributed by atoms with Crippen LogP contribution < -0.4 is 9.47 Å². The number of hydrogen-bond acceptors (Lipinski definition) is 2. The number of hydrogen-bond donors (Lipinski definition) is 0. The molecule has 0 spiro atoms. The summed E-state index contributed by atoms with van der Waals surface area (Å²) in [6.45, 7) is 1.27. The van der Waals surface area contributed by atoms with Gasteiger partial charge in [0.1, 0.15) is 17.3 Å². The Bertz CT molecular complexity index is 643. The van der Waals surface area contributed by atoms with Gasteiger partial charge in [0, 0.05) is 24.8 Å². The average Bonchev–Trinajstić information content (AvgIpc) is 2.94. The van der Waals surface area contributed by atoms with E-state index < -0.39 is 0 Å². The van der Waals surface area contributed by atoms with Crippen LogP contribution in [0.15, 0.2) is 36.4 Å². The lowest BCUT2D eigenvalue weighted by Gasteiger charge is -2.08. The van der Waals surface area contributed by atoms with E-state index in [9.17, 15) is 4.39 Å². The van der Waals surface area contributed by atoms with Crippen LogP contribution in [0.1, 0.15) is 16.7 Å². The summed E-state index contributed by atoms with van der Waals surface area (Å²) in [5.41, 5.74) is 3.18. The van der Waals surface area contributed by atoms with E-state index in [0.717, 1.165) is 30.8 Å². The van der Waals surface area contributed by atoms with Crippen LogP contribution in [0.5, 0.6) is 11.5 Å². The Morgan fingerprint density at radius 1 is 1.14 bits per heavy atom. The van der Waals surface area contributed by atoms with Gasteiger partial charge in [0.2, 0.25) is 0 Å². The topological polar surface area (TPSA) is 18.5 Å². The SMILES string of the molecule is Fc1cc(CCl)cc(OCCc2ccc3c(c2)CCO3)c1. The van der Waals surface area contributed by atoms with Gasteiger partial charge in [-0.3, -0.25) is 0 Å². The van der Waals surface area contributed by atoms with Gasteiger partial charge in [-0.1, -0.05) is 12.1 Å². The van der Waals surface area contributed by atoms with Crippen molar-refractivity contribution >= 4 is 11.6 Å². The van der Waals surface area contributed by atoms with Crippen molar-refractivity contribution in [2.24, 2.45) is 0 Å². The summed E-state index contributed by atoms with van der Waals surface area (Å²) in [6, 6.07) is 10.8. The second-order valence-corrected chi connectivity index (χ2v) is 5.34. The Labute approximate surface area is 128 Å². The monoisotopic (exact) mass is 306 g/mol. The molecule has 3 rings (SSSR count). The molecule has 0 radical (unpaired) electrons. The van der Waals surface area contributed by atoms with E-state index in [1.807, 2.05) is 12.1 Å². The molecule has 2 nitrogen and oxygen atoms in total. The molecule has 21 heavy (non-hydrogen) atoms. The first-order chi connectivity index (χ1) is 10.2. The summed E-state index contributed by atoms with van der Waals surface area (Å²) in [5.74, 6) is 1.46. The quantitative estimate of drug-likeness (QED) is 0.774. The molecule has 110 valence electrons. The summed E-state index contributed by atoms with van der Waals surface area (Å²) in [6.07, 6.45) is 1.74. The van der Waals surface area contributed by atoms with E-state index in [4.69, 9.17) is 21.1 Å². The molecule has 0 bridgehead atoms. The smallest absolute Gasteiger partial charge is 0.127 e. The summed E-state index contributed by atoms with van der Waals surface area (Å²) in [5, 5.41) is 0. The Kier molecular flexibility index (Phi) is 4.30. The van der Waals surface area contributed by atoms with Crippen LogP contribution in [0.2, 0.25) is 0 Å². The molecule has 0 fully saturated rings. The van der Waals surface area contributed by atoms with Crippen LogP contribution in [0.4, 0.5) is 4.39 Å². The van der Waals surface area contributed by atoms with Gasteiger partial charge in [0.15, 0.2) is 0 Å². The maximum Gasteiger partial charge on any atom is 0.127 e. The van der Waals surface area contributed by atoms with Gasteiger partial charge in [-0.25, -0.2) is 4.39 Å². The van der Waals surface area contributed by atoms with E-state index in [1.165, 1.54) is 23.3 Å². The van der Waals surface area contributed by atoms with Crippen molar-refractivity contribution in [3.8, 4) is 11.5 Å². The molecule has 2 aromatic rings. The minimum atomic E-state index is -0.321. The number of rotatable bonds is 5. The summed E-state index contributed by atoms with van der Waals surface area (Å²) < 4.78 is 24.5. The third-order valence-corrected chi connectivity index (χ3v) is 3.81. The van der Waals surface area contributed by atoms with Crippen LogP contribution in [0.3, 0.4) is 0 Å². The van der Waals surface area contributed by atoms with E-state index in [0.29, 0.717) is 12.4 Å². The van der Waals surface area contributed by atoms with Crippen LogP contribution in [0.25, 0.3) is 0 Å². The fourth-order valence-electron chi connectivity index (χ4n) is 2.46. The van der Waals surface area contributed by atoms with Gasteiger partial charge >= 0.3 is 0 Å². The predicted octanol–water partition coefficient (Wildman–Crippen LogP) is 4.12. The van der Waals surface area contributed by atoms with Crippen molar-refractivity contribution < 1.29 is 13.9 Å². The highest BCUT2D eigenvalue weighted by atomic mass is 35.5. The van der Waals surface area contributed by atoms with Crippen LogP contribution in [0, 0.1) is 5.82 Å². The summed E-state index contributed by atoms with van der Waals surface area (Å²) >= 11 is 5.72. The van der Waals surface area contributed by atoms with Gasteiger partial charge in [-0.2, -0.15) is 0 Å². The highest BCUT2D eigenvalue weighted by Crippen LogP contribution is 2.26. The molecule has 0 saturated carbocycles. The number of fused-ring (bicyclic) bond motifs is 1. The zero-order valence-corrected chi connectivity index (χ0v) is 12.3. The molecule has 1 aliphatic heterocycles. The van der Waals surface area contributed by atoms with Crippen molar-refractivity contribution in [2.45, 2.75) is 18.7 Å². The third kappa shape index (κ3) is 3.48. The van der Waals surface area contributed by atoms with E-state index in [1.54, 1.807) is 6.07 Å². The molecule has 0 aliphatic carbocycles. The highest BCUT2D eigenvalue weighted by Gasteiger charge is 2.11. The molecule has 0 unspecified atom stereocenters. The molecule has 1 heterocycles. The molecular weight excluding hydrogens is 291 g/mol. The van der Waals surface area contributed by atoms with Crippen LogP contribution >= 0.6 is 11.6 Å². The third-order valence-electron chi connectivity index (χ3n) is 3.50. The molecule has 0 aromatic heterocycles. The number of benzene rings is 2. The zero-order valence-electron chi connectivity index (χ0n) is 11.6.